The number of hydrogen-bond acceptors (Lipinski definition) is 3. The van der Waals surface area contributed by atoms with Crippen LogP contribution in [0.25, 0.3) is 9.65 Å². The molecule has 0 aliphatic rings. The second-order valence-corrected chi connectivity index (χ2v) is 6.88. The summed E-state index contributed by atoms with van der Waals surface area (Å²) in [5.74, 6) is 0. The summed E-state index contributed by atoms with van der Waals surface area (Å²) in [6, 6.07) is 14.3. The molecule has 1 atom stereocenters. The maximum atomic E-state index is 12.5. The number of fused-ring (bicyclic) bond motifs is 1. The number of benzene rings is 2. The van der Waals surface area contributed by atoms with Crippen molar-refractivity contribution in [3.63, 3.8) is 0 Å². The summed E-state index contributed by atoms with van der Waals surface area (Å²) >= 11 is -0.142. The van der Waals surface area contributed by atoms with E-state index in [0.29, 0.717) is 5.39 Å². The summed E-state index contributed by atoms with van der Waals surface area (Å²) in [6.45, 7) is 1.98. The van der Waals surface area contributed by atoms with Gasteiger partial charge >= 0.3 is 126 Å². The molecule has 0 aliphatic carbocycles. The van der Waals surface area contributed by atoms with Gasteiger partial charge in [0.15, 0.2) is 0 Å². The Morgan fingerprint density at radius 1 is 1.19 bits per heavy atom. The van der Waals surface area contributed by atoms with Crippen LogP contribution in [0.3, 0.4) is 0 Å². The fourth-order valence-electron chi connectivity index (χ4n) is 2.27. The van der Waals surface area contributed by atoms with Crippen LogP contribution in [0.2, 0.25) is 0 Å². The van der Waals surface area contributed by atoms with Crippen molar-refractivity contribution in [3.8, 4) is 0 Å². The van der Waals surface area contributed by atoms with Crippen LogP contribution in [0.15, 0.2) is 53.3 Å². The van der Waals surface area contributed by atoms with Crippen molar-refractivity contribution in [1.82, 2.24) is 3.56 Å². The molecule has 21 heavy (non-hydrogen) atoms. The summed E-state index contributed by atoms with van der Waals surface area (Å²) in [5.41, 5.74) is 0.909. The summed E-state index contributed by atoms with van der Waals surface area (Å²) in [6.07, 6.45) is 0. The molecule has 0 fully saturated rings. The molecule has 0 saturated carbocycles. The number of nitro groups is 1. The second-order valence-electron chi connectivity index (χ2n) is 4.75. The molecular weight excluding hydrogens is 335 g/mol. The van der Waals surface area contributed by atoms with Crippen LogP contribution in [0.5, 0.6) is 0 Å². The van der Waals surface area contributed by atoms with Crippen molar-refractivity contribution in [1.29, 1.82) is 0 Å². The first kappa shape index (κ1) is 13.8. The summed E-state index contributed by atoms with van der Waals surface area (Å²) < 4.78 is 2.71. The van der Waals surface area contributed by atoms with Crippen molar-refractivity contribution in [2.45, 2.75) is 13.0 Å². The number of non-ortho nitro benzene ring substituents is 1. The minimum atomic E-state index is -0.468. The van der Waals surface area contributed by atoms with Crippen LogP contribution in [0, 0.1) is 10.1 Å². The van der Waals surface area contributed by atoms with E-state index >= 15 is 0 Å². The Balaban J connectivity index is 2.14. The Morgan fingerprint density at radius 3 is 2.57 bits per heavy atom. The van der Waals surface area contributed by atoms with E-state index in [1.165, 1.54) is 12.1 Å². The van der Waals surface area contributed by atoms with E-state index < -0.39 is 4.92 Å². The quantitative estimate of drug-likeness (QED) is 0.416. The third kappa shape index (κ3) is 2.44. The second kappa shape index (κ2) is 5.31. The van der Waals surface area contributed by atoms with Gasteiger partial charge in [0.05, 0.1) is 0 Å². The Bertz CT molecular complexity index is 868. The van der Waals surface area contributed by atoms with E-state index in [9.17, 15) is 14.9 Å². The van der Waals surface area contributed by atoms with Gasteiger partial charge in [0.1, 0.15) is 0 Å². The van der Waals surface area contributed by atoms with Crippen molar-refractivity contribution in [2.75, 3.05) is 0 Å². The van der Waals surface area contributed by atoms with Crippen molar-refractivity contribution in [3.05, 3.63) is 74.6 Å². The molecule has 0 N–H and O–H groups in total. The van der Waals surface area contributed by atoms with E-state index in [1.807, 2.05) is 37.3 Å². The molecule has 3 aromatic rings. The Morgan fingerprint density at radius 2 is 1.90 bits per heavy atom. The molecule has 0 aliphatic heterocycles. The first-order chi connectivity index (χ1) is 10.1. The molecular formula is C15H12N2O3Se. The fraction of sp³-hybridized carbons (Fsp3) is 0.133. The van der Waals surface area contributed by atoms with Crippen molar-refractivity contribution < 1.29 is 4.92 Å². The first-order valence-electron chi connectivity index (χ1n) is 6.43. The molecule has 5 nitrogen and oxygen atoms in total. The van der Waals surface area contributed by atoms with Crippen LogP contribution in [0.1, 0.15) is 18.5 Å². The van der Waals surface area contributed by atoms with Gasteiger partial charge in [0.25, 0.3) is 0 Å². The van der Waals surface area contributed by atoms with Gasteiger partial charge in [-0.15, -0.1) is 0 Å². The minimum absolute atomic E-state index is 0.0351. The van der Waals surface area contributed by atoms with E-state index in [-0.39, 0.29) is 32.0 Å². The molecule has 0 bridgehead atoms. The van der Waals surface area contributed by atoms with E-state index in [2.05, 4.69) is 0 Å². The van der Waals surface area contributed by atoms with Gasteiger partial charge in [-0.2, -0.15) is 0 Å². The average Bonchev–Trinajstić information content (AvgIpc) is 2.84. The average molecular weight is 347 g/mol. The third-order valence-corrected chi connectivity index (χ3v) is 6.02. The molecule has 6 heteroatoms. The molecule has 0 unspecified atom stereocenters. The SMILES string of the molecule is C[C@H](c1ccccc1)n1[se]c2ccc([N+](=O)[O-])cc2c1=O. The number of aromatic nitrogens is 1. The third-order valence-electron chi connectivity index (χ3n) is 3.43. The number of rotatable bonds is 3. The van der Waals surface area contributed by atoms with Crippen LogP contribution in [0.4, 0.5) is 5.69 Å². The molecule has 0 amide bonds. The van der Waals surface area contributed by atoms with E-state index in [4.69, 9.17) is 0 Å². The number of nitrogens with zero attached hydrogens (tertiary/aromatic N) is 2. The van der Waals surface area contributed by atoms with Crippen LogP contribution in [-0.4, -0.2) is 23.2 Å². The number of nitro benzene ring substituents is 1. The van der Waals surface area contributed by atoms with Crippen LogP contribution < -0.4 is 5.56 Å². The Hall–Kier alpha value is -2.17. The molecule has 106 valence electrons. The zero-order valence-electron chi connectivity index (χ0n) is 11.2. The topological polar surface area (TPSA) is 65.1 Å². The Labute approximate surface area is 126 Å². The van der Waals surface area contributed by atoms with Gasteiger partial charge in [0.2, 0.25) is 0 Å². The molecule has 1 aromatic heterocycles. The van der Waals surface area contributed by atoms with Gasteiger partial charge in [-0.05, 0) is 0 Å². The van der Waals surface area contributed by atoms with Gasteiger partial charge in [-0.1, -0.05) is 0 Å². The van der Waals surface area contributed by atoms with Gasteiger partial charge in [-0.3, -0.25) is 0 Å². The summed E-state index contributed by atoms with van der Waals surface area (Å²) in [7, 11) is 0. The Kier molecular flexibility index (Phi) is 3.49. The molecule has 1 heterocycles. The summed E-state index contributed by atoms with van der Waals surface area (Å²) in [5, 5.41) is 11.3. The molecule has 0 radical (unpaired) electrons. The fourth-order valence-corrected chi connectivity index (χ4v) is 4.46. The predicted octanol–water partition coefficient (Wildman–Crippen LogP) is 2.58. The predicted molar refractivity (Wildman–Crippen MR) is 82.1 cm³/mol. The van der Waals surface area contributed by atoms with E-state index in [0.717, 1.165) is 9.82 Å². The molecule has 3 rings (SSSR count). The summed E-state index contributed by atoms with van der Waals surface area (Å²) in [4.78, 5) is 22.9. The monoisotopic (exact) mass is 348 g/mol. The normalized spacial score (nSPS) is 12.4. The van der Waals surface area contributed by atoms with Gasteiger partial charge < -0.3 is 0 Å². The molecule has 2 aromatic carbocycles. The van der Waals surface area contributed by atoms with Crippen molar-refractivity contribution >= 4 is 30.1 Å². The van der Waals surface area contributed by atoms with Gasteiger partial charge in [-0.25, -0.2) is 0 Å². The number of hydrogen-bond donors (Lipinski definition) is 0. The van der Waals surface area contributed by atoms with Crippen LogP contribution in [-0.2, 0) is 0 Å². The molecule has 0 saturated heterocycles. The zero-order chi connectivity index (χ0) is 15.0. The molecule has 0 spiro atoms. The van der Waals surface area contributed by atoms with Crippen LogP contribution >= 0.6 is 0 Å². The zero-order valence-corrected chi connectivity index (χ0v) is 12.9. The first-order valence-corrected chi connectivity index (χ1v) is 8.05. The van der Waals surface area contributed by atoms with Crippen molar-refractivity contribution in [2.24, 2.45) is 0 Å². The standard InChI is InChI=1S/C15H12N2O3Se/c1-10(11-5-3-2-4-6-11)16-15(18)13-9-12(17(19)20)7-8-14(13)21-16/h2-10H,1H3/t10-/m1/s1. The van der Waals surface area contributed by atoms with E-state index in [1.54, 1.807) is 9.63 Å². The van der Waals surface area contributed by atoms with Gasteiger partial charge in [0, 0.05) is 0 Å². The maximum absolute atomic E-state index is 12.5.